The first-order valence-corrected chi connectivity index (χ1v) is 8.86. The van der Waals surface area contributed by atoms with E-state index in [1.807, 2.05) is 0 Å². The molecule has 23 heavy (non-hydrogen) atoms. The van der Waals surface area contributed by atoms with Crippen molar-refractivity contribution in [2.24, 2.45) is 0 Å². The number of rotatable bonds is 0. The average Bonchev–Trinajstić information content (AvgIpc) is 3.12. The maximum absolute atomic E-state index is 2.90. The summed E-state index contributed by atoms with van der Waals surface area (Å²) in [6.07, 6.45) is 4.52. The van der Waals surface area contributed by atoms with Gasteiger partial charge in [0.1, 0.15) is 0 Å². The lowest BCUT2D eigenvalue weighted by molar-refractivity contribution is 1.26. The Morgan fingerprint density at radius 3 is 2.30 bits per heavy atom. The van der Waals surface area contributed by atoms with Crippen LogP contribution in [0.3, 0.4) is 0 Å². The Morgan fingerprint density at radius 2 is 1.48 bits per heavy atom. The number of hydrogen-bond donors (Lipinski definition) is 0. The largest absolute Gasteiger partial charge is 0.176 e. The van der Waals surface area contributed by atoms with Crippen LogP contribution in [0.5, 0.6) is 0 Å². The fraction of sp³-hybridized carbons (Fsp3) is 0.182. The summed E-state index contributed by atoms with van der Waals surface area (Å²) in [6.45, 7) is 4.53. The SMILES string of the molecule is CC1=CCc2ccc3ccc4c(c3c21)-c1c(cc[c]([Al])c1C)C4. The van der Waals surface area contributed by atoms with E-state index in [0.29, 0.717) is 0 Å². The molecule has 0 bridgehead atoms. The van der Waals surface area contributed by atoms with Crippen LogP contribution in [0.4, 0.5) is 0 Å². The molecule has 1 heteroatoms. The standard InChI is InChI=1S/C22H17.Al/c1-13-4-3-5-17-12-18-11-10-16-9-8-15-7-6-14(2)19(15)21(16)22(18)20(13)17;/h3,5-6,8-11H,7,12H2,1-2H3;. The van der Waals surface area contributed by atoms with Crippen LogP contribution in [0.1, 0.15) is 34.7 Å². The van der Waals surface area contributed by atoms with Gasteiger partial charge in [-0.15, -0.1) is 4.43 Å². The second-order valence-corrected chi connectivity index (χ2v) is 7.50. The van der Waals surface area contributed by atoms with Gasteiger partial charge < -0.3 is 0 Å². The van der Waals surface area contributed by atoms with Crippen molar-refractivity contribution in [3.05, 3.63) is 70.3 Å². The van der Waals surface area contributed by atoms with Crippen LogP contribution in [-0.2, 0) is 12.8 Å². The molecule has 2 aliphatic carbocycles. The van der Waals surface area contributed by atoms with Gasteiger partial charge in [-0.05, 0) is 76.4 Å². The van der Waals surface area contributed by atoms with E-state index in [9.17, 15) is 0 Å². The summed E-state index contributed by atoms with van der Waals surface area (Å²) in [5.41, 5.74) is 11.8. The zero-order valence-electron chi connectivity index (χ0n) is 13.5. The van der Waals surface area contributed by atoms with E-state index in [-0.39, 0.29) is 0 Å². The van der Waals surface area contributed by atoms with Crippen LogP contribution >= 0.6 is 0 Å². The third kappa shape index (κ3) is 1.73. The Labute approximate surface area is 145 Å². The van der Waals surface area contributed by atoms with Gasteiger partial charge in [-0.25, -0.2) is 0 Å². The van der Waals surface area contributed by atoms with Crippen LogP contribution in [0, 0.1) is 6.92 Å². The molecule has 0 nitrogen and oxygen atoms in total. The van der Waals surface area contributed by atoms with Gasteiger partial charge in [-0.3, -0.25) is 0 Å². The molecule has 3 aromatic rings. The number of hydrogen-bond acceptors (Lipinski definition) is 0. The third-order valence-electron chi connectivity index (χ3n) is 5.61. The molecule has 0 amide bonds. The van der Waals surface area contributed by atoms with E-state index in [4.69, 9.17) is 0 Å². The molecular formula is C22H17Al. The molecule has 0 fully saturated rings. The highest BCUT2D eigenvalue weighted by atomic mass is 27.0. The molecule has 108 valence electrons. The van der Waals surface area contributed by atoms with Gasteiger partial charge in [0.25, 0.3) is 0 Å². The van der Waals surface area contributed by atoms with Crippen LogP contribution < -0.4 is 4.43 Å². The Bertz CT molecular complexity index is 1040. The molecule has 0 atom stereocenters. The quantitative estimate of drug-likeness (QED) is 0.420. The van der Waals surface area contributed by atoms with E-state index in [1.165, 1.54) is 59.7 Å². The third-order valence-corrected chi connectivity index (χ3v) is 6.23. The minimum atomic E-state index is 1.07. The normalized spacial score (nSPS) is 14.6. The topological polar surface area (TPSA) is 0 Å². The van der Waals surface area contributed by atoms with E-state index in [2.05, 4.69) is 72.6 Å². The van der Waals surface area contributed by atoms with Crippen molar-refractivity contribution in [2.45, 2.75) is 26.7 Å². The highest BCUT2D eigenvalue weighted by Crippen LogP contribution is 2.46. The molecular weight excluding hydrogens is 291 g/mol. The Balaban J connectivity index is 1.99. The summed E-state index contributed by atoms with van der Waals surface area (Å²) in [5, 5.41) is 2.85. The molecule has 0 heterocycles. The molecule has 0 saturated carbocycles. The molecule has 0 aromatic heterocycles. The second kappa shape index (κ2) is 4.60. The summed E-state index contributed by atoms with van der Waals surface area (Å²) in [4.78, 5) is 0. The molecule has 0 unspecified atom stereocenters. The summed E-state index contributed by atoms with van der Waals surface area (Å²) >= 11 is 2.90. The zero-order chi connectivity index (χ0) is 15.7. The molecule has 0 saturated heterocycles. The highest BCUT2D eigenvalue weighted by Gasteiger charge is 2.26. The molecule has 0 aliphatic heterocycles. The monoisotopic (exact) mass is 308 g/mol. The maximum Gasteiger partial charge on any atom is 0.176 e. The molecule has 2 radical (unpaired) electrons. The van der Waals surface area contributed by atoms with Crippen molar-refractivity contribution in [3.8, 4) is 11.1 Å². The number of allylic oxidation sites excluding steroid dienone is 2. The van der Waals surface area contributed by atoms with Gasteiger partial charge in [0.2, 0.25) is 0 Å². The number of fused-ring (bicyclic) bond motifs is 7. The van der Waals surface area contributed by atoms with Crippen molar-refractivity contribution in [1.29, 1.82) is 0 Å². The molecule has 2 aliphatic rings. The van der Waals surface area contributed by atoms with Crippen molar-refractivity contribution in [1.82, 2.24) is 0 Å². The van der Waals surface area contributed by atoms with Gasteiger partial charge >= 0.3 is 0 Å². The summed E-state index contributed by atoms with van der Waals surface area (Å²) in [6, 6.07) is 13.8. The molecule has 0 N–H and O–H groups in total. The van der Waals surface area contributed by atoms with Crippen LogP contribution in [-0.4, -0.2) is 16.3 Å². The van der Waals surface area contributed by atoms with E-state index in [0.717, 1.165) is 12.8 Å². The minimum absolute atomic E-state index is 1.07. The van der Waals surface area contributed by atoms with Gasteiger partial charge in [0.15, 0.2) is 16.3 Å². The van der Waals surface area contributed by atoms with E-state index >= 15 is 0 Å². The first-order chi connectivity index (χ1) is 11.1. The lowest BCUT2D eigenvalue weighted by Gasteiger charge is -2.15. The summed E-state index contributed by atoms with van der Waals surface area (Å²) in [5.74, 6) is 0. The Morgan fingerprint density at radius 1 is 0.783 bits per heavy atom. The van der Waals surface area contributed by atoms with Crippen molar-refractivity contribution >= 4 is 37.1 Å². The van der Waals surface area contributed by atoms with Crippen molar-refractivity contribution in [2.75, 3.05) is 0 Å². The lowest BCUT2D eigenvalue weighted by Crippen LogP contribution is -2.08. The second-order valence-electron chi connectivity index (χ2n) is 6.88. The zero-order valence-corrected chi connectivity index (χ0v) is 14.7. The Kier molecular flexibility index (Phi) is 2.73. The van der Waals surface area contributed by atoms with Crippen molar-refractivity contribution < 1.29 is 0 Å². The van der Waals surface area contributed by atoms with Gasteiger partial charge in [-0.2, -0.15) is 0 Å². The molecule has 0 spiro atoms. The van der Waals surface area contributed by atoms with Crippen molar-refractivity contribution in [3.63, 3.8) is 0 Å². The fourth-order valence-electron chi connectivity index (χ4n) is 4.41. The van der Waals surface area contributed by atoms with Crippen LogP contribution in [0.25, 0.3) is 27.5 Å². The van der Waals surface area contributed by atoms with E-state index < -0.39 is 0 Å². The molecule has 5 rings (SSSR count). The predicted octanol–water partition coefficient (Wildman–Crippen LogP) is 4.47. The van der Waals surface area contributed by atoms with E-state index in [1.54, 1.807) is 0 Å². The molecule has 3 aromatic carbocycles. The summed E-state index contributed by atoms with van der Waals surface area (Å²) < 4.78 is 1.31. The fourth-order valence-corrected chi connectivity index (χ4v) is 4.65. The van der Waals surface area contributed by atoms with Crippen LogP contribution in [0.15, 0.2) is 42.5 Å². The first kappa shape index (κ1) is 13.6. The van der Waals surface area contributed by atoms with Gasteiger partial charge in [0.05, 0.1) is 0 Å². The Hall–Kier alpha value is -1.81. The summed E-state index contributed by atoms with van der Waals surface area (Å²) in [7, 11) is 0. The van der Waals surface area contributed by atoms with Gasteiger partial charge in [0, 0.05) is 0 Å². The predicted molar refractivity (Wildman–Crippen MR) is 99.7 cm³/mol. The number of benzene rings is 3. The van der Waals surface area contributed by atoms with Gasteiger partial charge in [-0.1, -0.05) is 48.0 Å². The lowest BCUT2D eigenvalue weighted by atomic mass is 9.89. The highest BCUT2D eigenvalue weighted by molar-refractivity contribution is 6.34. The first-order valence-electron chi connectivity index (χ1n) is 8.28. The average molecular weight is 308 g/mol. The minimum Gasteiger partial charge on any atom is -0.135 e. The van der Waals surface area contributed by atoms with Crippen LogP contribution in [0.2, 0.25) is 0 Å². The maximum atomic E-state index is 2.90. The smallest absolute Gasteiger partial charge is 0.135 e.